The van der Waals surface area contributed by atoms with Crippen molar-refractivity contribution in [2.75, 3.05) is 5.32 Å². The van der Waals surface area contributed by atoms with Gasteiger partial charge in [-0.1, -0.05) is 0 Å². The SMILES string of the molecule is N#Cc1ccc(N[C@H]2CC[C@@H](NC(=O)c3cn[nH]c3C3CC3)CC2)cc1C(F)(F)F. The van der Waals surface area contributed by atoms with Crippen molar-refractivity contribution >= 4 is 11.6 Å². The minimum Gasteiger partial charge on any atom is -0.382 e. The number of hydrogen-bond donors (Lipinski definition) is 3. The number of hydrogen-bond acceptors (Lipinski definition) is 4. The van der Waals surface area contributed by atoms with Gasteiger partial charge in [0, 0.05) is 23.7 Å². The number of carbonyl (C=O) groups excluding carboxylic acids is 1. The van der Waals surface area contributed by atoms with Gasteiger partial charge in [0.25, 0.3) is 5.91 Å². The van der Waals surface area contributed by atoms with E-state index in [0.29, 0.717) is 17.2 Å². The highest BCUT2D eigenvalue weighted by Crippen LogP contribution is 2.40. The summed E-state index contributed by atoms with van der Waals surface area (Å²) in [7, 11) is 0. The minimum absolute atomic E-state index is 0.0168. The van der Waals surface area contributed by atoms with Crippen LogP contribution in [0.3, 0.4) is 0 Å². The molecule has 158 valence electrons. The van der Waals surface area contributed by atoms with Gasteiger partial charge in [0.2, 0.25) is 0 Å². The fourth-order valence-electron chi connectivity index (χ4n) is 4.01. The first kappa shape index (κ1) is 20.3. The predicted octanol–water partition coefficient (Wildman–Crippen LogP) is 4.33. The fraction of sp³-hybridized carbons (Fsp3) is 0.476. The summed E-state index contributed by atoms with van der Waals surface area (Å²) in [5.74, 6) is 0.283. The van der Waals surface area contributed by atoms with Crippen LogP contribution in [0.5, 0.6) is 0 Å². The van der Waals surface area contributed by atoms with E-state index in [9.17, 15) is 18.0 Å². The van der Waals surface area contributed by atoms with Crippen LogP contribution in [0.4, 0.5) is 18.9 Å². The smallest absolute Gasteiger partial charge is 0.382 e. The lowest BCUT2D eigenvalue weighted by molar-refractivity contribution is -0.137. The summed E-state index contributed by atoms with van der Waals surface area (Å²) in [5.41, 5.74) is 0.548. The van der Waals surface area contributed by atoms with E-state index < -0.39 is 11.7 Å². The van der Waals surface area contributed by atoms with Gasteiger partial charge in [0.05, 0.1) is 34.7 Å². The number of H-pyrrole nitrogens is 1. The van der Waals surface area contributed by atoms with Crippen molar-refractivity contribution in [3.05, 3.63) is 46.8 Å². The zero-order valence-electron chi connectivity index (χ0n) is 16.2. The third-order valence-corrected chi connectivity index (χ3v) is 5.78. The summed E-state index contributed by atoms with van der Waals surface area (Å²) in [5, 5.41) is 22.0. The number of aromatic nitrogens is 2. The highest BCUT2D eigenvalue weighted by Gasteiger charge is 2.34. The Balaban J connectivity index is 1.32. The van der Waals surface area contributed by atoms with E-state index in [-0.39, 0.29) is 23.6 Å². The van der Waals surface area contributed by atoms with E-state index in [0.717, 1.165) is 50.3 Å². The molecule has 6 nitrogen and oxygen atoms in total. The summed E-state index contributed by atoms with van der Waals surface area (Å²) in [6.45, 7) is 0. The minimum atomic E-state index is -4.57. The third-order valence-electron chi connectivity index (χ3n) is 5.78. The van der Waals surface area contributed by atoms with Gasteiger partial charge in [-0.05, 0) is 56.7 Å². The number of nitriles is 1. The van der Waals surface area contributed by atoms with E-state index >= 15 is 0 Å². The zero-order valence-corrected chi connectivity index (χ0v) is 16.2. The van der Waals surface area contributed by atoms with Crippen LogP contribution in [0.25, 0.3) is 0 Å². The molecule has 0 bridgehead atoms. The molecule has 0 unspecified atom stereocenters. The number of benzene rings is 1. The maximum Gasteiger partial charge on any atom is 0.417 e. The summed E-state index contributed by atoms with van der Waals surface area (Å²) in [4.78, 5) is 12.6. The molecular weight excluding hydrogens is 395 g/mol. The number of rotatable bonds is 5. The number of halogens is 3. The number of nitrogens with zero attached hydrogens (tertiary/aromatic N) is 2. The van der Waals surface area contributed by atoms with Crippen LogP contribution < -0.4 is 10.6 Å². The third kappa shape index (κ3) is 4.42. The molecule has 1 amide bonds. The first-order valence-electron chi connectivity index (χ1n) is 10.1. The van der Waals surface area contributed by atoms with Crippen LogP contribution in [-0.2, 0) is 6.18 Å². The molecule has 0 spiro atoms. The molecule has 2 aromatic rings. The standard InChI is InChI=1S/C21H22F3N5O/c22-21(23,24)18-9-16(4-3-13(18)10-25)27-14-5-7-15(8-6-14)28-20(30)17-11-26-29-19(17)12-1-2-12/h3-4,9,11-12,14-15,27H,1-2,5-8H2,(H,26,29)(H,28,30)/t14-,15+. The molecule has 30 heavy (non-hydrogen) atoms. The molecule has 2 saturated carbocycles. The van der Waals surface area contributed by atoms with Gasteiger partial charge < -0.3 is 10.6 Å². The van der Waals surface area contributed by atoms with E-state index in [1.165, 1.54) is 12.1 Å². The van der Waals surface area contributed by atoms with Crippen molar-refractivity contribution in [1.82, 2.24) is 15.5 Å². The van der Waals surface area contributed by atoms with Gasteiger partial charge in [-0.3, -0.25) is 9.89 Å². The normalized spacial score (nSPS) is 21.7. The molecule has 0 saturated heterocycles. The van der Waals surface area contributed by atoms with Crippen LogP contribution in [0.15, 0.2) is 24.4 Å². The summed E-state index contributed by atoms with van der Waals surface area (Å²) in [6.07, 6.45) is 2.08. The molecule has 2 aliphatic rings. The second kappa shape index (κ2) is 8.01. The Morgan fingerprint density at radius 2 is 1.83 bits per heavy atom. The van der Waals surface area contributed by atoms with Gasteiger partial charge in [-0.2, -0.15) is 23.5 Å². The first-order valence-corrected chi connectivity index (χ1v) is 10.1. The molecule has 0 aliphatic heterocycles. The van der Waals surface area contributed by atoms with E-state index in [1.807, 2.05) is 0 Å². The molecule has 1 aromatic carbocycles. The van der Waals surface area contributed by atoms with Crippen LogP contribution in [-0.4, -0.2) is 28.2 Å². The van der Waals surface area contributed by atoms with Crippen molar-refractivity contribution in [3.63, 3.8) is 0 Å². The number of alkyl halides is 3. The van der Waals surface area contributed by atoms with Gasteiger partial charge in [-0.25, -0.2) is 0 Å². The summed E-state index contributed by atoms with van der Waals surface area (Å²) >= 11 is 0. The summed E-state index contributed by atoms with van der Waals surface area (Å²) in [6, 6.07) is 5.32. The van der Waals surface area contributed by atoms with E-state index in [1.54, 1.807) is 12.3 Å². The van der Waals surface area contributed by atoms with Crippen LogP contribution in [0.2, 0.25) is 0 Å². The molecule has 9 heteroatoms. The number of amides is 1. The van der Waals surface area contributed by atoms with Crippen LogP contribution in [0.1, 0.15) is 71.6 Å². The van der Waals surface area contributed by atoms with Crippen molar-refractivity contribution < 1.29 is 18.0 Å². The quantitative estimate of drug-likeness (QED) is 0.675. The maximum absolute atomic E-state index is 13.1. The van der Waals surface area contributed by atoms with Crippen molar-refractivity contribution in [1.29, 1.82) is 5.26 Å². The Morgan fingerprint density at radius 3 is 2.47 bits per heavy atom. The van der Waals surface area contributed by atoms with Gasteiger partial charge in [-0.15, -0.1) is 0 Å². The topological polar surface area (TPSA) is 93.6 Å². The van der Waals surface area contributed by atoms with Gasteiger partial charge in [0.15, 0.2) is 0 Å². The average molecular weight is 417 g/mol. The van der Waals surface area contributed by atoms with E-state index in [4.69, 9.17) is 5.26 Å². The molecule has 2 fully saturated rings. The van der Waals surface area contributed by atoms with Gasteiger partial charge in [0.1, 0.15) is 0 Å². The lowest BCUT2D eigenvalue weighted by Crippen LogP contribution is -2.40. The molecule has 1 heterocycles. The monoisotopic (exact) mass is 417 g/mol. The number of carbonyl (C=O) groups is 1. The maximum atomic E-state index is 13.1. The zero-order chi connectivity index (χ0) is 21.3. The first-order chi connectivity index (χ1) is 14.3. The highest BCUT2D eigenvalue weighted by molar-refractivity contribution is 5.95. The summed E-state index contributed by atoms with van der Waals surface area (Å²) < 4.78 is 39.4. The van der Waals surface area contributed by atoms with E-state index in [2.05, 4.69) is 20.8 Å². The molecule has 0 atom stereocenters. The van der Waals surface area contributed by atoms with Crippen LogP contribution in [0, 0.1) is 11.3 Å². The molecule has 4 rings (SSSR count). The number of anilines is 1. The predicted molar refractivity (Wildman–Crippen MR) is 104 cm³/mol. The number of nitrogens with one attached hydrogen (secondary N) is 3. The van der Waals surface area contributed by atoms with Crippen LogP contribution >= 0.6 is 0 Å². The second-order valence-electron chi connectivity index (χ2n) is 8.01. The largest absolute Gasteiger partial charge is 0.417 e. The van der Waals surface area contributed by atoms with Crippen molar-refractivity contribution in [2.24, 2.45) is 0 Å². The van der Waals surface area contributed by atoms with Gasteiger partial charge >= 0.3 is 6.18 Å². The fourth-order valence-corrected chi connectivity index (χ4v) is 4.01. The molecule has 2 aliphatic carbocycles. The molecule has 1 aromatic heterocycles. The Kier molecular flexibility index (Phi) is 5.41. The van der Waals surface area contributed by atoms with Crippen molar-refractivity contribution in [2.45, 2.75) is 62.7 Å². The number of aromatic amines is 1. The lowest BCUT2D eigenvalue weighted by Gasteiger charge is -2.30. The highest BCUT2D eigenvalue weighted by atomic mass is 19.4. The van der Waals surface area contributed by atoms with Crippen molar-refractivity contribution in [3.8, 4) is 6.07 Å². The molecular formula is C21H22F3N5O. The Morgan fingerprint density at radius 1 is 1.13 bits per heavy atom. The Hall–Kier alpha value is -3.02. The molecule has 0 radical (unpaired) electrons. The lowest BCUT2D eigenvalue weighted by atomic mass is 9.90. The molecule has 3 N–H and O–H groups in total. The second-order valence-corrected chi connectivity index (χ2v) is 8.01. The average Bonchev–Trinajstić information content (AvgIpc) is 3.44. The Labute approximate surface area is 171 Å². The Bertz CT molecular complexity index is 966.